The van der Waals surface area contributed by atoms with Crippen LogP contribution in [0.15, 0.2) is 18.2 Å². The van der Waals surface area contributed by atoms with Gasteiger partial charge >= 0.3 is 0 Å². The maximum atomic E-state index is 12.1. The second-order valence-electron chi connectivity index (χ2n) is 6.03. The van der Waals surface area contributed by atoms with Gasteiger partial charge in [-0.15, -0.1) is 0 Å². The molecule has 0 aromatic heterocycles. The number of primary sulfonamides is 1. The van der Waals surface area contributed by atoms with Crippen molar-refractivity contribution in [2.24, 2.45) is 10.6 Å². The molecule has 0 aliphatic rings. The minimum absolute atomic E-state index is 0.0880. The van der Waals surface area contributed by atoms with E-state index in [-0.39, 0.29) is 29.4 Å². The molecule has 0 fully saturated rings. The van der Waals surface area contributed by atoms with Crippen LogP contribution in [-0.4, -0.2) is 20.8 Å². The lowest BCUT2D eigenvalue weighted by Crippen LogP contribution is -2.31. The zero-order valence-electron chi connectivity index (χ0n) is 13.6. The summed E-state index contributed by atoms with van der Waals surface area (Å²) < 4.78 is 28.1. The zero-order valence-corrected chi connectivity index (χ0v) is 14.4. The van der Waals surface area contributed by atoms with E-state index in [1.807, 2.05) is 6.92 Å². The van der Waals surface area contributed by atoms with E-state index in [0.717, 1.165) is 6.42 Å². The van der Waals surface area contributed by atoms with Crippen LogP contribution in [0.25, 0.3) is 4.85 Å². The maximum Gasteiger partial charge on any atom is 0.232 e. The third kappa shape index (κ3) is 5.66. The molecule has 1 rings (SSSR count). The van der Waals surface area contributed by atoms with Gasteiger partial charge in [0, 0.05) is 6.42 Å². The second-order valence-corrected chi connectivity index (χ2v) is 7.64. The number of carbonyl (C=O) groups excluding carboxylic acids is 1. The number of sulfonamides is 1. The highest BCUT2D eigenvalue weighted by atomic mass is 32.2. The quantitative estimate of drug-likeness (QED) is 0.738. The van der Waals surface area contributed by atoms with E-state index >= 15 is 0 Å². The Kier molecular flexibility index (Phi) is 6.30. The predicted molar refractivity (Wildman–Crippen MR) is 88.7 cm³/mol. The predicted octanol–water partition coefficient (Wildman–Crippen LogP) is 2.80. The molecule has 0 atom stereocenters. The molecule has 6 nitrogen and oxygen atoms in total. The van der Waals surface area contributed by atoms with E-state index in [1.54, 1.807) is 26.0 Å². The summed E-state index contributed by atoms with van der Waals surface area (Å²) in [7, 11) is -3.74. The summed E-state index contributed by atoms with van der Waals surface area (Å²) >= 11 is 0. The first-order chi connectivity index (χ1) is 10.6. The van der Waals surface area contributed by atoms with Crippen molar-refractivity contribution in [1.29, 1.82) is 0 Å². The van der Waals surface area contributed by atoms with Crippen molar-refractivity contribution in [3.05, 3.63) is 35.2 Å². The van der Waals surface area contributed by atoms with Crippen molar-refractivity contribution in [2.75, 3.05) is 6.61 Å². The average molecular weight is 338 g/mol. The summed E-state index contributed by atoms with van der Waals surface area (Å²) in [5, 5.41) is 5.04. The Morgan fingerprint density at radius 3 is 2.57 bits per heavy atom. The first kappa shape index (κ1) is 19.1. The van der Waals surface area contributed by atoms with Crippen molar-refractivity contribution in [2.45, 2.75) is 39.4 Å². The van der Waals surface area contributed by atoms with Crippen LogP contribution in [0.3, 0.4) is 0 Å². The van der Waals surface area contributed by atoms with Crippen molar-refractivity contribution >= 4 is 21.5 Å². The molecule has 0 radical (unpaired) electrons. The molecule has 23 heavy (non-hydrogen) atoms. The minimum Gasteiger partial charge on any atom is -0.504 e. The number of ketones is 1. The number of benzene rings is 1. The Hall–Kier alpha value is -1.91. The highest BCUT2D eigenvalue weighted by Crippen LogP contribution is 2.34. The largest absolute Gasteiger partial charge is 0.504 e. The molecule has 0 heterocycles. The molecule has 2 N–H and O–H groups in total. The van der Waals surface area contributed by atoms with Gasteiger partial charge < -0.3 is 4.74 Å². The van der Waals surface area contributed by atoms with Gasteiger partial charge in [-0.3, -0.25) is 4.79 Å². The molecule has 0 bridgehead atoms. The number of Topliss-reactive ketones (excluding diaryl/α,β-unsaturated/α-hetero) is 1. The summed E-state index contributed by atoms with van der Waals surface area (Å²) in [4.78, 5) is 15.4. The molecule has 1 aromatic carbocycles. The van der Waals surface area contributed by atoms with E-state index in [9.17, 15) is 13.2 Å². The number of hydrogen-bond acceptors (Lipinski definition) is 4. The first-order valence-electron chi connectivity index (χ1n) is 7.26. The van der Waals surface area contributed by atoms with Crippen LogP contribution < -0.4 is 9.88 Å². The fourth-order valence-electron chi connectivity index (χ4n) is 2.05. The monoisotopic (exact) mass is 338 g/mol. The normalized spacial score (nSPS) is 11.8. The van der Waals surface area contributed by atoms with Gasteiger partial charge in [0.05, 0.1) is 24.3 Å². The van der Waals surface area contributed by atoms with Crippen LogP contribution in [0.1, 0.15) is 39.2 Å². The summed E-state index contributed by atoms with van der Waals surface area (Å²) in [6.45, 7) is 12.9. The van der Waals surface area contributed by atoms with E-state index in [1.165, 1.54) is 6.07 Å². The van der Waals surface area contributed by atoms with Gasteiger partial charge in [0.2, 0.25) is 15.7 Å². The number of ether oxygens (including phenoxy) is 1. The molecule has 1 aromatic rings. The van der Waals surface area contributed by atoms with Gasteiger partial charge in [-0.1, -0.05) is 19.1 Å². The fraction of sp³-hybridized carbons (Fsp3) is 0.500. The van der Waals surface area contributed by atoms with Gasteiger partial charge in [0.25, 0.3) is 0 Å². The summed E-state index contributed by atoms with van der Waals surface area (Å²) in [6.07, 6.45) is 1.23. The molecule has 0 aliphatic carbocycles. The second kappa shape index (κ2) is 7.57. The fourth-order valence-corrected chi connectivity index (χ4v) is 2.71. The highest BCUT2D eigenvalue weighted by Gasteiger charge is 2.28. The Balaban J connectivity index is 3.00. The zero-order chi connectivity index (χ0) is 17.7. The van der Waals surface area contributed by atoms with Gasteiger partial charge in [0.1, 0.15) is 11.5 Å². The topological polar surface area (TPSA) is 90.8 Å². The van der Waals surface area contributed by atoms with Gasteiger partial charge in [-0.05, 0) is 31.9 Å². The number of carbonyl (C=O) groups is 1. The Labute approximate surface area is 137 Å². The average Bonchev–Trinajstić information content (AvgIpc) is 2.44. The molecule has 0 amide bonds. The molecule has 0 aliphatic heterocycles. The number of hydrogen-bond donors (Lipinski definition) is 1. The van der Waals surface area contributed by atoms with Gasteiger partial charge in [-0.25, -0.2) is 18.4 Å². The Morgan fingerprint density at radius 2 is 2.04 bits per heavy atom. The number of para-hydroxylation sites is 1. The lowest BCUT2D eigenvalue weighted by Gasteiger charge is -2.24. The van der Waals surface area contributed by atoms with Crippen LogP contribution in [0, 0.1) is 12.0 Å². The third-order valence-electron chi connectivity index (χ3n) is 3.37. The highest BCUT2D eigenvalue weighted by molar-refractivity contribution is 7.88. The van der Waals surface area contributed by atoms with E-state index in [4.69, 9.17) is 16.4 Å². The molecule has 0 spiro atoms. The standard InChI is InChI=1S/C16H22N2O4S/c1-5-7-14(19)16(2,3)11-22-13-9-6-8-12(15(13)18-4)10-23(17,20)21/h6,8-9H,5,7,10-11H2,1-3H3,(H2,17,20,21). The summed E-state index contributed by atoms with van der Waals surface area (Å²) in [5.74, 6) is -0.0800. The molecule has 0 saturated carbocycles. The molecule has 126 valence electrons. The Bertz CT molecular complexity index is 718. The van der Waals surface area contributed by atoms with Crippen molar-refractivity contribution < 1.29 is 17.9 Å². The van der Waals surface area contributed by atoms with E-state index in [2.05, 4.69) is 4.85 Å². The lowest BCUT2D eigenvalue weighted by atomic mass is 9.87. The minimum atomic E-state index is -3.74. The van der Waals surface area contributed by atoms with Crippen molar-refractivity contribution in [1.82, 2.24) is 0 Å². The molecular formula is C16H22N2O4S. The Morgan fingerprint density at radius 1 is 1.39 bits per heavy atom. The maximum absolute atomic E-state index is 12.1. The smallest absolute Gasteiger partial charge is 0.232 e. The van der Waals surface area contributed by atoms with E-state index < -0.39 is 21.2 Å². The number of nitrogens with zero attached hydrogens (tertiary/aromatic N) is 1. The van der Waals surface area contributed by atoms with E-state index in [0.29, 0.717) is 6.42 Å². The lowest BCUT2D eigenvalue weighted by molar-refractivity contribution is -0.128. The number of rotatable bonds is 8. The first-order valence-corrected chi connectivity index (χ1v) is 8.98. The molecule has 7 heteroatoms. The van der Waals surface area contributed by atoms with Crippen LogP contribution in [-0.2, 0) is 20.6 Å². The van der Waals surface area contributed by atoms with Crippen molar-refractivity contribution in [3.8, 4) is 5.75 Å². The number of nitrogens with two attached hydrogens (primary N) is 1. The molecular weight excluding hydrogens is 316 g/mol. The third-order valence-corrected chi connectivity index (χ3v) is 4.08. The van der Waals surface area contributed by atoms with Crippen LogP contribution in [0.2, 0.25) is 0 Å². The summed E-state index contributed by atoms with van der Waals surface area (Å²) in [6, 6.07) is 4.71. The van der Waals surface area contributed by atoms with Crippen LogP contribution >= 0.6 is 0 Å². The molecule has 0 saturated heterocycles. The van der Waals surface area contributed by atoms with Crippen LogP contribution in [0.5, 0.6) is 5.75 Å². The van der Waals surface area contributed by atoms with Crippen LogP contribution in [0.4, 0.5) is 5.69 Å². The summed E-state index contributed by atoms with van der Waals surface area (Å²) in [5.41, 5.74) is -0.274. The van der Waals surface area contributed by atoms with Crippen molar-refractivity contribution in [3.63, 3.8) is 0 Å². The molecule has 0 unspecified atom stereocenters. The van der Waals surface area contributed by atoms with Gasteiger partial charge in [0.15, 0.2) is 0 Å². The SMILES string of the molecule is [C-]#[N+]c1c(CS(N)(=O)=O)cccc1OCC(C)(C)C(=O)CCC. The van der Waals surface area contributed by atoms with Gasteiger partial charge in [-0.2, -0.15) is 0 Å².